The Labute approximate surface area is 181 Å². The molecule has 4 aromatic rings. The van der Waals surface area contributed by atoms with E-state index < -0.39 is 0 Å². The summed E-state index contributed by atoms with van der Waals surface area (Å²) >= 11 is 13.5. The van der Waals surface area contributed by atoms with Crippen molar-refractivity contribution < 1.29 is 9.53 Å². The van der Waals surface area contributed by atoms with Gasteiger partial charge in [0.15, 0.2) is 0 Å². The highest BCUT2D eigenvalue weighted by Crippen LogP contribution is 2.36. The van der Waals surface area contributed by atoms with Crippen LogP contribution in [0.3, 0.4) is 0 Å². The van der Waals surface area contributed by atoms with Gasteiger partial charge < -0.3 is 15.8 Å². The molecule has 0 bridgehead atoms. The number of amides is 1. The van der Waals surface area contributed by atoms with Crippen molar-refractivity contribution in [1.29, 1.82) is 0 Å². The first-order chi connectivity index (χ1) is 14.0. The number of hydrogen-bond acceptors (Lipinski definition) is 5. The van der Waals surface area contributed by atoms with Gasteiger partial charge in [-0.15, -0.1) is 11.3 Å². The predicted octanol–water partition coefficient (Wildman–Crippen LogP) is 6.11. The fourth-order valence-corrected chi connectivity index (χ4v) is 4.36. The summed E-state index contributed by atoms with van der Waals surface area (Å²) in [6.45, 7) is 0. The number of para-hydroxylation sites is 1. The van der Waals surface area contributed by atoms with Crippen molar-refractivity contribution in [3.8, 4) is 17.0 Å². The first-order valence-corrected chi connectivity index (χ1v) is 10.1. The second-order valence-electron chi connectivity index (χ2n) is 6.17. The molecule has 0 aliphatic carbocycles. The van der Waals surface area contributed by atoms with Crippen LogP contribution >= 0.6 is 34.5 Å². The Morgan fingerprint density at radius 1 is 1.07 bits per heavy atom. The maximum absolute atomic E-state index is 12.8. The molecule has 0 spiro atoms. The van der Waals surface area contributed by atoms with E-state index in [4.69, 9.17) is 33.7 Å². The fraction of sp³-hybridized carbons (Fsp3) is 0.0476. The summed E-state index contributed by atoms with van der Waals surface area (Å²) in [6.07, 6.45) is 0. The molecular formula is C21H15Cl2N3O2S. The summed E-state index contributed by atoms with van der Waals surface area (Å²) in [5, 5.41) is 4.17. The number of aromatic nitrogens is 1. The smallest absolute Gasteiger partial charge is 0.268 e. The zero-order chi connectivity index (χ0) is 20.5. The van der Waals surface area contributed by atoms with Crippen molar-refractivity contribution >= 4 is 62.0 Å². The Balaban J connectivity index is 1.69. The molecule has 2 aromatic carbocycles. The van der Waals surface area contributed by atoms with Crippen molar-refractivity contribution in [2.75, 3.05) is 18.2 Å². The van der Waals surface area contributed by atoms with Crippen LogP contribution < -0.4 is 15.8 Å². The molecule has 0 aliphatic heterocycles. The number of nitrogens with zero attached hydrogens (tertiary/aromatic N) is 1. The number of carbonyl (C=O) groups is 1. The minimum Gasteiger partial charge on any atom is -0.497 e. The Morgan fingerprint density at radius 3 is 2.41 bits per heavy atom. The van der Waals surface area contributed by atoms with Crippen molar-refractivity contribution in [2.45, 2.75) is 0 Å². The number of nitrogens with two attached hydrogens (primary N) is 1. The number of benzene rings is 2. The van der Waals surface area contributed by atoms with E-state index in [1.54, 1.807) is 25.3 Å². The topological polar surface area (TPSA) is 77.2 Å². The number of halogens is 2. The van der Waals surface area contributed by atoms with Crippen LogP contribution in [-0.4, -0.2) is 18.0 Å². The monoisotopic (exact) mass is 443 g/mol. The highest BCUT2D eigenvalue weighted by atomic mass is 35.5. The average molecular weight is 444 g/mol. The lowest BCUT2D eigenvalue weighted by Crippen LogP contribution is -2.12. The molecule has 29 heavy (non-hydrogen) atoms. The second-order valence-corrected chi connectivity index (χ2v) is 7.99. The van der Waals surface area contributed by atoms with E-state index in [0.29, 0.717) is 31.1 Å². The van der Waals surface area contributed by atoms with Crippen LogP contribution in [0.15, 0.2) is 54.6 Å². The molecule has 4 rings (SSSR count). The van der Waals surface area contributed by atoms with Gasteiger partial charge in [-0.25, -0.2) is 4.98 Å². The van der Waals surface area contributed by atoms with E-state index in [2.05, 4.69) is 10.3 Å². The Morgan fingerprint density at radius 2 is 1.76 bits per heavy atom. The quantitative estimate of drug-likeness (QED) is 0.398. The van der Waals surface area contributed by atoms with E-state index >= 15 is 0 Å². The maximum Gasteiger partial charge on any atom is 0.268 e. The van der Waals surface area contributed by atoms with Crippen molar-refractivity contribution in [3.05, 3.63) is 69.5 Å². The highest BCUT2D eigenvalue weighted by molar-refractivity contribution is 7.21. The van der Waals surface area contributed by atoms with Gasteiger partial charge in [0.2, 0.25) is 0 Å². The number of carbonyl (C=O) groups excluding carboxylic acids is 1. The molecule has 0 saturated heterocycles. The van der Waals surface area contributed by atoms with Crippen molar-refractivity contribution in [1.82, 2.24) is 4.98 Å². The third kappa shape index (κ3) is 3.74. The Kier molecular flexibility index (Phi) is 5.32. The zero-order valence-electron chi connectivity index (χ0n) is 15.2. The third-order valence-corrected chi connectivity index (χ3v) is 6.13. The minimum atomic E-state index is -0.383. The number of ether oxygens (including phenoxy) is 1. The molecule has 0 aliphatic rings. The summed E-state index contributed by atoms with van der Waals surface area (Å²) < 4.78 is 5.19. The number of fused-ring (bicyclic) bond motifs is 1. The molecule has 1 amide bonds. The molecule has 8 heteroatoms. The molecule has 2 aromatic heterocycles. The molecule has 0 saturated carbocycles. The molecule has 5 nitrogen and oxygen atoms in total. The molecular weight excluding hydrogens is 429 g/mol. The van der Waals surface area contributed by atoms with E-state index in [1.807, 2.05) is 36.4 Å². The molecule has 0 radical (unpaired) electrons. The van der Waals surface area contributed by atoms with E-state index in [9.17, 15) is 4.79 Å². The zero-order valence-corrected chi connectivity index (χ0v) is 17.5. The van der Waals surface area contributed by atoms with Gasteiger partial charge in [-0.05, 0) is 48.5 Å². The summed E-state index contributed by atoms with van der Waals surface area (Å²) in [4.78, 5) is 18.5. The van der Waals surface area contributed by atoms with Crippen LogP contribution in [-0.2, 0) is 0 Å². The van der Waals surface area contributed by atoms with Gasteiger partial charge in [0.1, 0.15) is 15.5 Å². The largest absolute Gasteiger partial charge is 0.497 e. The second kappa shape index (κ2) is 7.91. The standard InChI is InChI=1S/C21H15Cl2N3O2S/c1-28-12-7-5-11(6-8-12)16-10-9-13-17(24)19(29-21(13)25-16)20(27)26-18-14(22)3-2-4-15(18)23/h2-10H,24H2,1H3,(H,26,27). The number of nitrogens with one attached hydrogen (secondary N) is 1. The van der Waals surface area contributed by atoms with Gasteiger partial charge >= 0.3 is 0 Å². The van der Waals surface area contributed by atoms with E-state index in [0.717, 1.165) is 22.4 Å². The first-order valence-electron chi connectivity index (χ1n) is 8.56. The van der Waals surface area contributed by atoms with Gasteiger partial charge in [-0.2, -0.15) is 0 Å². The summed E-state index contributed by atoms with van der Waals surface area (Å²) in [5.74, 6) is 0.388. The lowest BCUT2D eigenvalue weighted by atomic mass is 10.1. The molecule has 146 valence electrons. The molecule has 0 unspecified atom stereocenters. The van der Waals surface area contributed by atoms with Crippen LogP contribution in [0.25, 0.3) is 21.5 Å². The van der Waals surface area contributed by atoms with E-state index in [-0.39, 0.29) is 5.91 Å². The normalized spacial score (nSPS) is 10.9. The first kappa shape index (κ1) is 19.5. The number of pyridine rings is 1. The molecule has 3 N–H and O–H groups in total. The summed E-state index contributed by atoms with van der Waals surface area (Å²) in [6, 6.07) is 16.4. The van der Waals surface area contributed by atoms with Gasteiger partial charge in [-0.3, -0.25) is 4.79 Å². The fourth-order valence-electron chi connectivity index (χ4n) is 2.88. The van der Waals surface area contributed by atoms with Crippen LogP contribution in [0.5, 0.6) is 5.75 Å². The predicted molar refractivity (Wildman–Crippen MR) is 120 cm³/mol. The molecule has 2 heterocycles. The third-order valence-electron chi connectivity index (χ3n) is 4.39. The van der Waals surface area contributed by atoms with Gasteiger partial charge in [-0.1, -0.05) is 29.3 Å². The maximum atomic E-state index is 12.8. The Bertz CT molecular complexity index is 1200. The van der Waals surface area contributed by atoms with Crippen molar-refractivity contribution in [3.63, 3.8) is 0 Å². The lowest BCUT2D eigenvalue weighted by molar-refractivity contribution is 0.103. The Hall–Kier alpha value is -2.80. The van der Waals surface area contributed by atoms with E-state index in [1.165, 1.54) is 11.3 Å². The van der Waals surface area contributed by atoms with Crippen LogP contribution in [0.2, 0.25) is 10.0 Å². The minimum absolute atomic E-state index is 0.351. The van der Waals surface area contributed by atoms with Crippen molar-refractivity contribution in [2.24, 2.45) is 0 Å². The average Bonchev–Trinajstić information content (AvgIpc) is 3.07. The number of thiophene rings is 1. The number of anilines is 2. The number of hydrogen-bond donors (Lipinski definition) is 2. The molecule has 0 fully saturated rings. The summed E-state index contributed by atoms with van der Waals surface area (Å²) in [7, 11) is 1.62. The number of methoxy groups -OCH3 is 1. The number of nitrogen functional groups attached to an aromatic ring is 1. The van der Waals surface area contributed by atoms with Gasteiger partial charge in [0.25, 0.3) is 5.91 Å². The van der Waals surface area contributed by atoms with Crippen LogP contribution in [0.4, 0.5) is 11.4 Å². The summed E-state index contributed by atoms with van der Waals surface area (Å²) in [5.41, 5.74) is 8.67. The van der Waals surface area contributed by atoms with Crippen LogP contribution in [0, 0.1) is 0 Å². The molecule has 0 atom stereocenters. The highest BCUT2D eigenvalue weighted by Gasteiger charge is 2.19. The van der Waals surface area contributed by atoms with Gasteiger partial charge in [0.05, 0.1) is 34.2 Å². The van der Waals surface area contributed by atoms with Gasteiger partial charge in [0, 0.05) is 10.9 Å². The van der Waals surface area contributed by atoms with Crippen LogP contribution in [0.1, 0.15) is 9.67 Å². The SMILES string of the molecule is COc1ccc(-c2ccc3c(N)c(C(=O)Nc4c(Cl)cccc4Cl)sc3n2)cc1. The number of rotatable bonds is 4. The lowest BCUT2D eigenvalue weighted by Gasteiger charge is -2.08.